The van der Waals surface area contributed by atoms with Crippen LogP contribution in [0.5, 0.6) is 0 Å². The molecule has 3 heteroatoms. The lowest BCUT2D eigenvalue weighted by molar-refractivity contribution is 0.149. The van der Waals surface area contributed by atoms with E-state index in [1.54, 1.807) is 6.20 Å². The van der Waals surface area contributed by atoms with Crippen LogP contribution < -0.4 is 5.73 Å². The maximum atomic E-state index is 9.64. The number of pyridine rings is 1. The molecule has 0 saturated carbocycles. The predicted octanol–water partition coefficient (Wildman–Crippen LogP) is 0.431. The second-order valence-electron chi connectivity index (χ2n) is 3.50. The fourth-order valence-electron chi connectivity index (χ4n) is 1.98. The van der Waals surface area contributed by atoms with Gasteiger partial charge in [-0.15, -0.1) is 0 Å². The van der Waals surface area contributed by atoms with Crippen molar-refractivity contribution in [1.29, 1.82) is 0 Å². The van der Waals surface area contributed by atoms with E-state index in [9.17, 15) is 5.11 Å². The SMILES string of the molecule is NCC(O)C1CCc2cccnc21. The van der Waals surface area contributed by atoms with Gasteiger partial charge in [-0.1, -0.05) is 6.07 Å². The molecule has 2 unspecified atom stereocenters. The lowest BCUT2D eigenvalue weighted by Crippen LogP contribution is -2.26. The number of fused-ring (bicyclic) bond motifs is 1. The van der Waals surface area contributed by atoms with Gasteiger partial charge in [0.1, 0.15) is 0 Å². The van der Waals surface area contributed by atoms with Gasteiger partial charge >= 0.3 is 0 Å². The highest BCUT2D eigenvalue weighted by molar-refractivity contribution is 5.29. The van der Waals surface area contributed by atoms with E-state index in [1.807, 2.05) is 6.07 Å². The van der Waals surface area contributed by atoms with Crippen molar-refractivity contribution >= 4 is 0 Å². The van der Waals surface area contributed by atoms with Gasteiger partial charge in [0, 0.05) is 24.4 Å². The number of aromatic nitrogens is 1. The summed E-state index contributed by atoms with van der Waals surface area (Å²) in [7, 11) is 0. The first-order chi connectivity index (χ1) is 6.33. The molecule has 2 rings (SSSR count). The summed E-state index contributed by atoms with van der Waals surface area (Å²) in [6.45, 7) is 0.320. The second-order valence-corrected chi connectivity index (χ2v) is 3.50. The van der Waals surface area contributed by atoms with Gasteiger partial charge in [-0.2, -0.15) is 0 Å². The average Bonchev–Trinajstić information content (AvgIpc) is 2.60. The van der Waals surface area contributed by atoms with E-state index < -0.39 is 6.10 Å². The number of hydrogen-bond donors (Lipinski definition) is 2. The lowest BCUT2D eigenvalue weighted by atomic mass is 10.00. The van der Waals surface area contributed by atoms with E-state index in [0.29, 0.717) is 6.54 Å². The van der Waals surface area contributed by atoms with Gasteiger partial charge in [0.25, 0.3) is 0 Å². The van der Waals surface area contributed by atoms with E-state index in [2.05, 4.69) is 11.1 Å². The van der Waals surface area contributed by atoms with E-state index >= 15 is 0 Å². The molecule has 1 aromatic heterocycles. The van der Waals surface area contributed by atoms with Crippen LogP contribution in [0.4, 0.5) is 0 Å². The Morgan fingerprint density at radius 1 is 1.69 bits per heavy atom. The topological polar surface area (TPSA) is 59.1 Å². The highest BCUT2D eigenvalue weighted by atomic mass is 16.3. The van der Waals surface area contributed by atoms with Crippen molar-refractivity contribution in [2.24, 2.45) is 5.73 Å². The Kier molecular flexibility index (Phi) is 2.29. The molecule has 2 atom stereocenters. The summed E-state index contributed by atoms with van der Waals surface area (Å²) in [5.41, 5.74) is 7.74. The maximum absolute atomic E-state index is 9.64. The molecule has 1 aromatic rings. The molecule has 0 spiro atoms. The Labute approximate surface area is 77.6 Å². The fraction of sp³-hybridized carbons (Fsp3) is 0.500. The molecule has 0 aromatic carbocycles. The summed E-state index contributed by atoms with van der Waals surface area (Å²) < 4.78 is 0. The van der Waals surface area contributed by atoms with Crippen LogP contribution in [-0.2, 0) is 6.42 Å². The summed E-state index contributed by atoms with van der Waals surface area (Å²) in [6.07, 6.45) is 3.34. The van der Waals surface area contributed by atoms with Gasteiger partial charge in [0.05, 0.1) is 6.10 Å². The summed E-state index contributed by atoms with van der Waals surface area (Å²) >= 11 is 0. The predicted molar refractivity (Wildman–Crippen MR) is 50.4 cm³/mol. The fourth-order valence-corrected chi connectivity index (χ4v) is 1.98. The Balaban J connectivity index is 2.28. The molecule has 0 saturated heterocycles. The molecule has 13 heavy (non-hydrogen) atoms. The number of nitrogens with zero attached hydrogens (tertiary/aromatic N) is 1. The Hall–Kier alpha value is -0.930. The van der Waals surface area contributed by atoms with E-state index in [0.717, 1.165) is 18.5 Å². The standard InChI is InChI=1S/C10H14N2O/c11-6-9(13)8-4-3-7-2-1-5-12-10(7)8/h1-2,5,8-9,13H,3-4,6,11H2. The van der Waals surface area contributed by atoms with Crippen LogP contribution in [0.3, 0.4) is 0 Å². The minimum absolute atomic E-state index is 0.154. The second kappa shape index (κ2) is 3.44. The van der Waals surface area contributed by atoms with Gasteiger partial charge in [0.2, 0.25) is 0 Å². The third-order valence-corrected chi connectivity index (χ3v) is 2.71. The monoisotopic (exact) mass is 178 g/mol. The normalized spacial score (nSPS) is 22.8. The molecule has 0 fully saturated rings. The third kappa shape index (κ3) is 1.45. The Morgan fingerprint density at radius 2 is 2.54 bits per heavy atom. The number of aliphatic hydroxyl groups excluding tert-OH is 1. The van der Waals surface area contributed by atoms with Crippen molar-refractivity contribution in [3.05, 3.63) is 29.6 Å². The lowest BCUT2D eigenvalue weighted by Gasteiger charge is -2.15. The number of aliphatic hydroxyl groups is 1. The number of hydrogen-bond acceptors (Lipinski definition) is 3. The molecule has 1 aliphatic carbocycles. The van der Waals surface area contributed by atoms with E-state index in [-0.39, 0.29) is 5.92 Å². The highest BCUT2D eigenvalue weighted by Crippen LogP contribution is 2.33. The van der Waals surface area contributed by atoms with Crippen LogP contribution in [0, 0.1) is 0 Å². The number of nitrogens with two attached hydrogens (primary N) is 1. The summed E-state index contributed by atoms with van der Waals surface area (Å²) in [5.74, 6) is 0.154. The van der Waals surface area contributed by atoms with Crippen molar-refractivity contribution in [3.63, 3.8) is 0 Å². The van der Waals surface area contributed by atoms with E-state index in [4.69, 9.17) is 5.73 Å². The van der Waals surface area contributed by atoms with Crippen LogP contribution in [0.15, 0.2) is 18.3 Å². The summed E-state index contributed by atoms with van der Waals surface area (Å²) in [5, 5.41) is 9.64. The molecule has 1 aliphatic rings. The van der Waals surface area contributed by atoms with Gasteiger partial charge in [-0.05, 0) is 24.5 Å². The molecular weight excluding hydrogens is 164 g/mol. The molecular formula is C10H14N2O. The molecule has 3 nitrogen and oxygen atoms in total. The molecule has 0 radical (unpaired) electrons. The highest BCUT2D eigenvalue weighted by Gasteiger charge is 2.28. The Bertz CT molecular complexity index is 301. The van der Waals surface area contributed by atoms with Crippen molar-refractivity contribution in [3.8, 4) is 0 Å². The summed E-state index contributed by atoms with van der Waals surface area (Å²) in [6, 6.07) is 4.02. The molecule has 3 N–H and O–H groups in total. The van der Waals surface area contributed by atoms with Gasteiger partial charge < -0.3 is 10.8 Å². The van der Waals surface area contributed by atoms with Crippen LogP contribution in [0.2, 0.25) is 0 Å². The molecule has 0 bridgehead atoms. The zero-order valence-corrected chi connectivity index (χ0v) is 7.48. The Morgan fingerprint density at radius 3 is 3.31 bits per heavy atom. The first-order valence-corrected chi connectivity index (χ1v) is 4.65. The first kappa shape index (κ1) is 8.66. The van der Waals surface area contributed by atoms with Crippen LogP contribution in [-0.4, -0.2) is 22.7 Å². The zero-order valence-electron chi connectivity index (χ0n) is 7.48. The van der Waals surface area contributed by atoms with Gasteiger partial charge in [-0.25, -0.2) is 0 Å². The van der Waals surface area contributed by atoms with Crippen LogP contribution in [0.25, 0.3) is 0 Å². The smallest absolute Gasteiger partial charge is 0.0746 e. The minimum atomic E-state index is -0.434. The third-order valence-electron chi connectivity index (χ3n) is 2.71. The molecule has 1 heterocycles. The minimum Gasteiger partial charge on any atom is -0.391 e. The molecule has 0 amide bonds. The largest absolute Gasteiger partial charge is 0.391 e. The van der Waals surface area contributed by atoms with Crippen LogP contribution >= 0.6 is 0 Å². The van der Waals surface area contributed by atoms with Gasteiger partial charge in [0.15, 0.2) is 0 Å². The van der Waals surface area contributed by atoms with Crippen LogP contribution in [0.1, 0.15) is 23.6 Å². The van der Waals surface area contributed by atoms with Crippen molar-refractivity contribution in [1.82, 2.24) is 4.98 Å². The molecule has 70 valence electrons. The number of rotatable bonds is 2. The summed E-state index contributed by atoms with van der Waals surface area (Å²) in [4.78, 5) is 4.29. The van der Waals surface area contributed by atoms with Crippen molar-refractivity contribution in [2.45, 2.75) is 24.9 Å². The quantitative estimate of drug-likeness (QED) is 0.690. The van der Waals surface area contributed by atoms with Crippen molar-refractivity contribution in [2.75, 3.05) is 6.54 Å². The van der Waals surface area contributed by atoms with Gasteiger partial charge in [-0.3, -0.25) is 4.98 Å². The molecule has 0 aliphatic heterocycles. The average molecular weight is 178 g/mol. The first-order valence-electron chi connectivity index (χ1n) is 4.65. The zero-order chi connectivity index (χ0) is 9.26. The number of aryl methyl sites for hydroxylation is 1. The maximum Gasteiger partial charge on any atom is 0.0746 e. The van der Waals surface area contributed by atoms with E-state index in [1.165, 1.54) is 5.56 Å². The van der Waals surface area contributed by atoms with Crippen molar-refractivity contribution < 1.29 is 5.11 Å².